The minimum absolute atomic E-state index is 0.120. The van der Waals surface area contributed by atoms with Gasteiger partial charge in [0.1, 0.15) is 0 Å². The number of amides is 1. The van der Waals surface area contributed by atoms with E-state index in [-0.39, 0.29) is 16.1 Å². The number of aryl methyl sites for hydroxylation is 2. The Hall–Kier alpha value is -2.42. The molecule has 35 heavy (non-hydrogen) atoms. The van der Waals surface area contributed by atoms with Crippen LogP contribution >= 0.6 is 11.8 Å². The molecule has 0 saturated carbocycles. The van der Waals surface area contributed by atoms with Gasteiger partial charge >= 0.3 is 0 Å². The Morgan fingerprint density at radius 2 is 1.71 bits per heavy atom. The van der Waals surface area contributed by atoms with E-state index in [9.17, 15) is 13.2 Å². The van der Waals surface area contributed by atoms with Gasteiger partial charge in [-0.3, -0.25) is 4.79 Å². The van der Waals surface area contributed by atoms with Gasteiger partial charge in [-0.25, -0.2) is 13.4 Å². The molecule has 1 aliphatic heterocycles. The number of nitrogens with zero attached hydrogens (tertiary/aromatic N) is 2. The third kappa shape index (κ3) is 5.88. The summed E-state index contributed by atoms with van der Waals surface area (Å²) >= 11 is 1.46. The first-order chi connectivity index (χ1) is 16.8. The zero-order valence-corrected chi connectivity index (χ0v) is 22.2. The van der Waals surface area contributed by atoms with Crippen molar-refractivity contribution in [2.24, 2.45) is 0 Å². The molecule has 0 aliphatic carbocycles. The highest BCUT2D eigenvalue weighted by Crippen LogP contribution is 2.30. The highest BCUT2D eigenvalue weighted by Gasteiger charge is 2.25. The van der Waals surface area contributed by atoms with Gasteiger partial charge in [-0.1, -0.05) is 49.7 Å². The second-order valence-electron chi connectivity index (χ2n) is 9.10. The fourth-order valence-corrected chi connectivity index (χ4v) is 6.95. The number of pyridine rings is 1. The van der Waals surface area contributed by atoms with Crippen LogP contribution in [0.15, 0.2) is 58.5 Å². The Kier molecular flexibility index (Phi) is 8.14. The van der Waals surface area contributed by atoms with Crippen molar-refractivity contribution in [3.8, 4) is 0 Å². The Morgan fingerprint density at radius 3 is 2.37 bits per heavy atom. The Balaban J connectivity index is 1.46. The minimum atomic E-state index is -3.51. The molecule has 1 aliphatic rings. The largest absolute Gasteiger partial charge is 0.325 e. The van der Waals surface area contributed by atoms with Crippen molar-refractivity contribution in [2.75, 3.05) is 18.4 Å². The lowest BCUT2D eigenvalue weighted by Crippen LogP contribution is -2.31. The first-order valence-corrected chi connectivity index (χ1v) is 14.6. The van der Waals surface area contributed by atoms with Crippen LogP contribution in [-0.4, -0.2) is 42.0 Å². The van der Waals surface area contributed by atoms with Crippen LogP contribution in [0.2, 0.25) is 0 Å². The molecule has 1 N–H and O–H groups in total. The predicted octanol–water partition coefficient (Wildman–Crippen LogP) is 5.93. The topological polar surface area (TPSA) is 79.4 Å². The van der Waals surface area contributed by atoms with E-state index in [1.165, 1.54) is 11.8 Å². The third-order valence-electron chi connectivity index (χ3n) is 6.48. The number of sulfonamides is 1. The number of rotatable bonds is 7. The quantitative estimate of drug-likeness (QED) is 0.398. The number of hydrogen-bond acceptors (Lipinski definition) is 5. The normalized spacial score (nSPS) is 16.1. The smallest absolute Gasteiger partial charge is 0.243 e. The number of carbonyl (C=O) groups excluding carboxylic acids is 1. The van der Waals surface area contributed by atoms with E-state index in [0.717, 1.165) is 52.7 Å². The van der Waals surface area contributed by atoms with E-state index >= 15 is 0 Å². The number of thioether (sulfide) groups is 1. The van der Waals surface area contributed by atoms with Crippen molar-refractivity contribution in [3.05, 3.63) is 59.7 Å². The predicted molar refractivity (Wildman–Crippen MR) is 143 cm³/mol. The van der Waals surface area contributed by atoms with Crippen LogP contribution in [-0.2, 0) is 14.8 Å². The SMILES string of the molecule is CCC(Sc1cc(C)c2cccc(C)c2n1)C(=O)Nc1ccc(S(=O)(=O)N2CCCCCC2)cc1. The van der Waals surface area contributed by atoms with Crippen LogP contribution in [0, 0.1) is 13.8 Å². The summed E-state index contributed by atoms with van der Waals surface area (Å²) in [4.78, 5) is 18.1. The molecule has 1 amide bonds. The fraction of sp³-hybridized carbons (Fsp3) is 0.407. The summed E-state index contributed by atoms with van der Waals surface area (Å²) in [6, 6.07) is 14.7. The minimum Gasteiger partial charge on any atom is -0.325 e. The molecule has 186 valence electrons. The maximum Gasteiger partial charge on any atom is 0.243 e. The number of hydrogen-bond donors (Lipinski definition) is 1. The zero-order valence-electron chi connectivity index (χ0n) is 20.6. The number of para-hydroxylation sites is 1. The molecule has 1 atom stereocenters. The molecule has 0 spiro atoms. The molecule has 2 heterocycles. The number of aromatic nitrogens is 1. The number of carbonyl (C=O) groups is 1. The average Bonchev–Trinajstić information content (AvgIpc) is 3.14. The molecule has 6 nitrogen and oxygen atoms in total. The summed E-state index contributed by atoms with van der Waals surface area (Å²) in [5, 5.41) is 4.58. The maximum absolute atomic E-state index is 13.0. The van der Waals surface area contributed by atoms with Crippen LogP contribution in [0.4, 0.5) is 5.69 Å². The molecular formula is C27H33N3O3S2. The lowest BCUT2D eigenvalue weighted by Gasteiger charge is -2.20. The van der Waals surface area contributed by atoms with Gasteiger partial charge in [0.15, 0.2) is 0 Å². The molecule has 0 bridgehead atoms. The summed E-state index contributed by atoms with van der Waals surface area (Å²) in [5.41, 5.74) is 3.80. The molecule has 2 aromatic carbocycles. The van der Waals surface area contributed by atoms with Gasteiger partial charge in [-0.2, -0.15) is 4.31 Å². The van der Waals surface area contributed by atoms with E-state index in [2.05, 4.69) is 18.3 Å². The lowest BCUT2D eigenvalue weighted by molar-refractivity contribution is -0.115. The molecule has 8 heteroatoms. The van der Waals surface area contributed by atoms with E-state index in [0.29, 0.717) is 25.2 Å². The standard InChI is InChI=1S/C27H33N3O3S2/c1-4-24(34-25-18-20(3)23-11-9-10-19(2)26(23)29-25)27(31)28-21-12-14-22(15-13-21)35(32,33)30-16-7-5-6-8-17-30/h9-15,18,24H,4-8,16-17H2,1-3H3,(H,28,31). The van der Waals surface area contributed by atoms with Gasteiger partial charge in [0.25, 0.3) is 0 Å². The molecule has 0 radical (unpaired) electrons. The van der Waals surface area contributed by atoms with Crippen molar-refractivity contribution in [1.29, 1.82) is 0 Å². The van der Waals surface area contributed by atoms with Crippen molar-refractivity contribution >= 4 is 44.3 Å². The van der Waals surface area contributed by atoms with Crippen molar-refractivity contribution in [3.63, 3.8) is 0 Å². The molecular weight excluding hydrogens is 478 g/mol. The van der Waals surface area contributed by atoms with Gasteiger partial charge in [0, 0.05) is 24.2 Å². The zero-order chi connectivity index (χ0) is 25.0. The van der Waals surface area contributed by atoms with Crippen LogP contribution in [0.5, 0.6) is 0 Å². The molecule has 1 fully saturated rings. The molecule has 3 aromatic rings. The number of anilines is 1. The van der Waals surface area contributed by atoms with Crippen molar-refractivity contribution in [1.82, 2.24) is 9.29 Å². The van der Waals surface area contributed by atoms with E-state index in [1.54, 1.807) is 28.6 Å². The number of benzene rings is 2. The Labute approximate surface area is 212 Å². The summed E-state index contributed by atoms with van der Waals surface area (Å²) in [5.74, 6) is -0.120. The van der Waals surface area contributed by atoms with Crippen molar-refractivity contribution in [2.45, 2.75) is 68.0 Å². The monoisotopic (exact) mass is 511 g/mol. The van der Waals surface area contributed by atoms with E-state index in [1.807, 2.05) is 32.0 Å². The average molecular weight is 512 g/mol. The molecule has 1 aromatic heterocycles. The highest BCUT2D eigenvalue weighted by atomic mass is 32.2. The van der Waals surface area contributed by atoms with E-state index in [4.69, 9.17) is 4.98 Å². The van der Waals surface area contributed by atoms with Crippen LogP contribution in [0.25, 0.3) is 10.9 Å². The summed E-state index contributed by atoms with van der Waals surface area (Å²) in [7, 11) is -3.51. The second kappa shape index (κ2) is 11.1. The van der Waals surface area contributed by atoms with Gasteiger partial charge in [-0.15, -0.1) is 0 Å². The van der Waals surface area contributed by atoms with Gasteiger partial charge in [0.2, 0.25) is 15.9 Å². The maximum atomic E-state index is 13.0. The van der Waals surface area contributed by atoms with E-state index < -0.39 is 10.0 Å². The first-order valence-electron chi connectivity index (χ1n) is 12.2. The Bertz CT molecular complexity index is 1300. The van der Waals surface area contributed by atoms with Crippen molar-refractivity contribution < 1.29 is 13.2 Å². The second-order valence-corrected chi connectivity index (χ2v) is 12.3. The number of fused-ring (bicyclic) bond motifs is 1. The van der Waals surface area contributed by atoms with Gasteiger partial charge < -0.3 is 5.32 Å². The summed E-state index contributed by atoms with van der Waals surface area (Å²) in [6.07, 6.45) is 4.58. The molecule has 1 saturated heterocycles. The third-order valence-corrected chi connectivity index (χ3v) is 9.67. The highest BCUT2D eigenvalue weighted by molar-refractivity contribution is 8.00. The van der Waals surface area contributed by atoms with Crippen LogP contribution in [0.1, 0.15) is 50.2 Å². The molecule has 1 unspecified atom stereocenters. The van der Waals surface area contributed by atoms with Crippen LogP contribution in [0.3, 0.4) is 0 Å². The van der Waals surface area contributed by atoms with Gasteiger partial charge in [0.05, 0.1) is 20.7 Å². The number of nitrogens with one attached hydrogen (secondary N) is 1. The fourth-order valence-electron chi connectivity index (χ4n) is 4.42. The Morgan fingerprint density at radius 1 is 1.03 bits per heavy atom. The van der Waals surface area contributed by atoms with Gasteiger partial charge in [-0.05, 0) is 74.6 Å². The first kappa shape index (κ1) is 25.7. The summed E-state index contributed by atoms with van der Waals surface area (Å²) < 4.78 is 27.6. The lowest BCUT2D eigenvalue weighted by atomic mass is 10.1. The summed E-state index contributed by atoms with van der Waals surface area (Å²) in [6.45, 7) is 7.23. The molecule has 4 rings (SSSR count). The van der Waals surface area contributed by atoms with Crippen LogP contribution < -0.4 is 5.32 Å².